The minimum Gasteiger partial charge on any atom is -0.353 e. The maximum absolute atomic E-state index is 5.94. The fraction of sp³-hybridized carbons (Fsp3) is 0.364. The predicted octanol–water partition coefficient (Wildman–Crippen LogP) is 2.21. The summed E-state index contributed by atoms with van der Waals surface area (Å²) in [4.78, 5) is 6.50. The monoisotopic (exact) mass is 225 g/mol. The van der Waals surface area contributed by atoms with E-state index in [4.69, 9.17) is 17.3 Å². The molecule has 82 valence electrons. The van der Waals surface area contributed by atoms with Crippen molar-refractivity contribution in [2.75, 3.05) is 18.0 Å². The highest BCUT2D eigenvalue weighted by Crippen LogP contribution is 2.18. The zero-order valence-electron chi connectivity index (χ0n) is 8.91. The van der Waals surface area contributed by atoms with Gasteiger partial charge in [-0.1, -0.05) is 17.7 Å². The Morgan fingerprint density at radius 3 is 2.87 bits per heavy atom. The molecule has 1 rings (SSSR count). The molecule has 0 unspecified atom stereocenters. The van der Waals surface area contributed by atoms with E-state index in [0.29, 0.717) is 11.6 Å². The molecule has 4 heteroatoms. The maximum Gasteiger partial charge on any atom is 0.129 e. The summed E-state index contributed by atoms with van der Waals surface area (Å²) < 4.78 is 0. The number of pyridine rings is 1. The third kappa shape index (κ3) is 2.94. The molecule has 3 nitrogen and oxygen atoms in total. The van der Waals surface area contributed by atoms with Crippen LogP contribution >= 0.6 is 11.6 Å². The minimum absolute atomic E-state index is 0.359. The van der Waals surface area contributed by atoms with Crippen molar-refractivity contribution >= 4 is 17.4 Å². The highest BCUT2D eigenvalue weighted by molar-refractivity contribution is 6.31. The number of hydrogen-bond donors (Lipinski definition) is 1. The second-order valence-corrected chi connectivity index (χ2v) is 3.54. The maximum atomic E-state index is 5.94. The number of aromatic nitrogens is 1. The molecule has 0 atom stereocenters. The van der Waals surface area contributed by atoms with Crippen LogP contribution < -0.4 is 10.6 Å². The molecule has 0 aliphatic rings. The number of nitrogens with two attached hydrogens (primary N) is 1. The SMILES string of the molecule is C=CCN(CC)c1ccc(Cl)c(CN)n1. The van der Waals surface area contributed by atoms with Crippen LogP contribution in [0.5, 0.6) is 0 Å². The van der Waals surface area contributed by atoms with Gasteiger partial charge in [0.15, 0.2) is 0 Å². The van der Waals surface area contributed by atoms with E-state index in [0.717, 1.165) is 24.6 Å². The van der Waals surface area contributed by atoms with Gasteiger partial charge in [-0.05, 0) is 19.1 Å². The zero-order valence-corrected chi connectivity index (χ0v) is 9.67. The Morgan fingerprint density at radius 2 is 2.33 bits per heavy atom. The highest BCUT2D eigenvalue weighted by Gasteiger charge is 2.06. The Hall–Kier alpha value is -1.06. The van der Waals surface area contributed by atoms with E-state index in [1.165, 1.54) is 0 Å². The van der Waals surface area contributed by atoms with Crippen molar-refractivity contribution in [3.8, 4) is 0 Å². The van der Waals surface area contributed by atoms with Crippen LogP contribution in [0.15, 0.2) is 24.8 Å². The molecule has 0 aliphatic heterocycles. The molecular formula is C11H16ClN3. The fourth-order valence-corrected chi connectivity index (χ4v) is 1.51. The predicted molar refractivity (Wildman–Crippen MR) is 65.2 cm³/mol. The summed E-state index contributed by atoms with van der Waals surface area (Å²) in [5.41, 5.74) is 6.28. The van der Waals surface area contributed by atoms with Crippen molar-refractivity contribution in [3.63, 3.8) is 0 Å². The first-order valence-corrected chi connectivity index (χ1v) is 5.32. The Bertz CT molecular complexity index is 339. The van der Waals surface area contributed by atoms with Crippen LogP contribution in [0.3, 0.4) is 0 Å². The standard InChI is InChI=1S/C11H16ClN3/c1-3-7-15(4-2)11-6-5-9(12)10(8-13)14-11/h3,5-6H,1,4,7-8,13H2,2H3. The topological polar surface area (TPSA) is 42.1 Å². The van der Waals surface area contributed by atoms with E-state index in [1.54, 1.807) is 0 Å². The first kappa shape index (κ1) is 12.0. The Balaban J connectivity index is 2.97. The molecule has 1 aromatic heterocycles. The minimum atomic E-state index is 0.359. The van der Waals surface area contributed by atoms with Crippen LogP contribution in [-0.4, -0.2) is 18.1 Å². The summed E-state index contributed by atoms with van der Waals surface area (Å²) in [5, 5.41) is 0.621. The summed E-state index contributed by atoms with van der Waals surface area (Å²) in [6, 6.07) is 3.73. The molecule has 0 spiro atoms. The fourth-order valence-electron chi connectivity index (χ4n) is 1.33. The number of hydrogen-bond acceptors (Lipinski definition) is 3. The molecule has 1 heterocycles. The van der Waals surface area contributed by atoms with Gasteiger partial charge in [-0.2, -0.15) is 0 Å². The molecule has 0 aromatic carbocycles. The zero-order chi connectivity index (χ0) is 11.3. The average molecular weight is 226 g/mol. The number of nitrogens with zero attached hydrogens (tertiary/aromatic N) is 2. The Kier molecular flexibility index (Phi) is 4.59. The summed E-state index contributed by atoms with van der Waals surface area (Å²) in [5.74, 6) is 0.891. The summed E-state index contributed by atoms with van der Waals surface area (Å²) in [6.45, 7) is 7.80. The molecule has 2 N–H and O–H groups in total. The van der Waals surface area contributed by atoms with Gasteiger partial charge >= 0.3 is 0 Å². The van der Waals surface area contributed by atoms with E-state index in [-0.39, 0.29) is 0 Å². The summed E-state index contributed by atoms with van der Waals surface area (Å²) in [7, 11) is 0. The molecule has 0 fully saturated rings. The van der Waals surface area contributed by atoms with Crippen LogP contribution in [0.25, 0.3) is 0 Å². The third-order valence-corrected chi connectivity index (χ3v) is 2.50. The second-order valence-electron chi connectivity index (χ2n) is 3.13. The van der Waals surface area contributed by atoms with Crippen molar-refractivity contribution < 1.29 is 0 Å². The first-order chi connectivity index (χ1) is 7.22. The molecule has 0 saturated carbocycles. The normalized spacial score (nSPS) is 10.1. The van der Waals surface area contributed by atoms with E-state index < -0.39 is 0 Å². The highest BCUT2D eigenvalue weighted by atomic mass is 35.5. The smallest absolute Gasteiger partial charge is 0.129 e. The Morgan fingerprint density at radius 1 is 1.60 bits per heavy atom. The van der Waals surface area contributed by atoms with Gasteiger partial charge in [-0.3, -0.25) is 0 Å². The van der Waals surface area contributed by atoms with Crippen molar-refractivity contribution in [1.29, 1.82) is 0 Å². The average Bonchev–Trinajstić information content (AvgIpc) is 2.27. The summed E-state index contributed by atoms with van der Waals surface area (Å²) in [6.07, 6.45) is 1.85. The van der Waals surface area contributed by atoms with E-state index >= 15 is 0 Å². The van der Waals surface area contributed by atoms with Crippen LogP contribution in [0.2, 0.25) is 5.02 Å². The lowest BCUT2D eigenvalue weighted by atomic mass is 10.3. The van der Waals surface area contributed by atoms with Gasteiger partial charge in [0, 0.05) is 19.6 Å². The number of rotatable bonds is 5. The van der Waals surface area contributed by atoms with E-state index in [1.807, 2.05) is 18.2 Å². The molecule has 0 bridgehead atoms. The molecule has 15 heavy (non-hydrogen) atoms. The molecular weight excluding hydrogens is 210 g/mol. The molecule has 0 amide bonds. The lowest BCUT2D eigenvalue weighted by Crippen LogP contribution is -2.24. The van der Waals surface area contributed by atoms with Crippen molar-refractivity contribution in [2.24, 2.45) is 5.73 Å². The first-order valence-electron chi connectivity index (χ1n) is 4.94. The number of anilines is 1. The van der Waals surface area contributed by atoms with Gasteiger partial charge in [0.2, 0.25) is 0 Å². The van der Waals surface area contributed by atoms with E-state index in [2.05, 4.69) is 23.4 Å². The number of likely N-dealkylation sites (N-methyl/N-ethyl adjacent to an activating group) is 1. The van der Waals surface area contributed by atoms with Crippen molar-refractivity contribution in [3.05, 3.63) is 35.5 Å². The quantitative estimate of drug-likeness (QED) is 0.782. The van der Waals surface area contributed by atoms with E-state index in [9.17, 15) is 0 Å². The second kappa shape index (κ2) is 5.73. The van der Waals surface area contributed by atoms with Crippen molar-refractivity contribution in [2.45, 2.75) is 13.5 Å². The number of halogens is 1. The molecule has 0 aliphatic carbocycles. The van der Waals surface area contributed by atoms with Crippen LogP contribution in [0.4, 0.5) is 5.82 Å². The Labute approximate surface area is 95.6 Å². The van der Waals surface area contributed by atoms with Gasteiger partial charge in [0.25, 0.3) is 0 Å². The lowest BCUT2D eigenvalue weighted by molar-refractivity contribution is 0.866. The third-order valence-electron chi connectivity index (χ3n) is 2.15. The molecule has 0 radical (unpaired) electrons. The van der Waals surface area contributed by atoms with Crippen LogP contribution in [-0.2, 0) is 6.54 Å². The van der Waals surface area contributed by atoms with Gasteiger partial charge in [0.1, 0.15) is 5.82 Å². The van der Waals surface area contributed by atoms with Crippen LogP contribution in [0.1, 0.15) is 12.6 Å². The van der Waals surface area contributed by atoms with Gasteiger partial charge in [0.05, 0.1) is 10.7 Å². The van der Waals surface area contributed by atoms with Gasteiger partial charge in [-0.25, -0.2) is 4.98 Å². The van der Waals surface area contributed by atoms with Crippen molar-refractivity contribution in [1.82, 2.24) is 4.98 Å². The molecule has 0 saturated heterocycles. The van der Waals surface area contributed by atoms with Gasteiger partial charge in [-0.15, -0.1) is 6.58 Å². The van der Waals surface area contributed by atoms with Crippen LogP contribution in [0, 0.1) is 0 Å². The summed E-state index contributed by atoms with van der Waals surface area (Å²) >= 11 is 5.94. The van der Waals surface area contributed by atoms with Gasteiger partial charge < -0.3 is 10.6 Å². The largest absolute Gasteiger partial charge is 0.353 e. The lowest BCUT2D eigenvalue weighted by Gasteiger charge is -2.20. The molecule has 1 aromatic rings.